The molecule has 0 radical (unpaired) electrons. The van der Waals surface area contributed by atoms with E-state index in [4.69, 9.17) is 4.42 Å². The molecule has 4 nitrogen and oxygen atoms in total. The molecule has 2 aromatic rings. The molecule has 0 atom stereocenters. The second-order valence-electron chi connectivity index (χ2n) is 4.92. The van der Waals surface area contributed by atoms with Gasteiger partial charge in [-0.05, 0) is 24.1 Å². The first-order chi connectivity index (χ1) is 9.63. The SMILES string of the molecule is CCc1ccccc1S(=O)(=O)N1CCc2occc2C1. The molecule has 0 saturated heterocycles. The van der Waals surface area contributed by atoms with Crippen LogP contribution in [0.15, 0.2) is 45.9 Å². The van der Waals surface area contributed by atoms with E-state index in [9.17, 15) is 8.42 Å². The highest BCUT2D eigenvalue weighted by atomic mass is 32.2. The zero-order valence-corrected chi connectivity index (χ0v) is 12.2. The van der Waals surface area contributed by atoms with E-state index in [1.165, 1.54) is 0 Å². The van der Waals surface area contributed by atoms with Crippen LogP contribution in [0.4, 0.5) is 0 Å². The Bertz CT molecular complexity index is 718. The summed E-state index contributed by atoms with van der Waals surface area (Å²) in [5.41, 5.74) is 1.83. The second kappa shape index (κ2) is 5.07. The number of benzene rings is 1. The van der Waals surface area contributed by atoms with Gasteiger partial charge in [-0.2, -0.15) is 4.31 Å². The Hall–Kier alpha value is -1.59. The number of hydrogen-bond acceptors (Lipinski definition) is 3. The van der Waals surface area contributed by atoms with Gasteiger partial charge < -0.3 is 4.42 Å². The number of rotatable bonds is 3. The van der Waals surface area contributed by atoms with E-state index in [0.717, 1.165) is 16.9 Å². The first kappa shape index (κ1) is 13.4. The standard InChI is InChI=1S/C15H17NO3S/c1-2-12-5-3-4-6-15(12)20(17,18)16-9-7-14-13(11-16)8-10-19-14/h3-6,8,10H,2,7,9,11H2,1H3. The van der Waals surface area contributed by atoms with Crippen LogP contribution in [-0.2, 0) is 29.4 Å². The summed E-state index contributed by atoms with van der Waals surface area (Å²) in [7, 11) is -3.43. The summed E-state index contributed by atoms with van der Waals surface area (Å²) < 4.78 is 32.5. The van der Waals surface area contributed by atoms with Crippen LogP contribution >= 0.6 is 0 Å². The maximum absolute atomic E-state index is 12.8. The van der Waals surface area contributed by atoms with Crippen LogP contribution in [0.2, 0.25) is 0 Å². The van der Waals surface area contributed by atoms with Gasteiger partial charge in [0, 0.05) is 25.1 Å². The van der Waals surface area contributed by atoms with E-state index in [-0.39, 0.29) is 0 Å². The molecule has 0 aliphatic carbocycles. The molecule has 5 heteroatoms. The van der Waals surface area contributed by atoms with E-state index in [0.29, 0.717) is 30.8 Å². The lowest BCUT2D eigenvalue weighted by Crippen LogP contribution is -2.35. The Kier molecular flexibility index (Phi) is 3.40. The number of aryl methyl sites for hydroxylation is 1. The van der Waals surface area contributed by atoms with E-state index < -0.39 is 10.0 Å². The van der Waals surface area contributed by atoms with Gasteiger partial charge in [0.25, 0.3) is 0 Å². The van der Waals surface area contributed by atoms with E-state index >= 15 is 0 Å². The average Bonchev–Trinajstić information content (AvgIpc) is 2.94. The molecule has 1 aliphatic heterocycles. The Labute approximate surface area is 119 Å². The van der Waals surface area contributed by atoms with Crippen molar-refractivity contribution in [2.45, 2.75) is 31.2 Å². The molecule has 0 unspecified atom stereocenters. The summed E-state index contributed by atoms with van der Waals surface area (Å²) in [6.07, 6.45) is 2.97. The van der Waals surface area contributed by atoms with Crippen LogP contribution in [-0.4, -0.2) is 19.3 Å². The largest absolute Gasteiger partial charge is 0.469 e. The van der Waals surface area contributed by atoms with Crippen molar-refractivity contribution < 1.29 is 12.8 Å². The molecule has 0 bridgehead atoms. The molecule has 20 heavy (non-hydrogen) atoms. The number of hydrogen-bond donors (Lipinski definition) is 0. The molecule has 0 amide bonds. The lowest BCUT2D eigenvalue weighted by molar-refractivity contribution is 0.362. The first-order valence-electron chi connectivity index (χ1n) is 6.76. The minimum atomic E-state index is -3.43. The third-order valence-corrected chi connectivity index (χ3v) is 5.69. The van der Waals surface area contributed by atoms with Crippen LogP contribution in [0.5, 0.6) is 0 Å². The average molecular weight is 291 g/mol. The summed E-state index contributed by atoms with van der Waals surface area (Å²) in [4.78, 5) is 0.425. The third-order valence-electron chi connectivity index (χ3n) is 3.74. The summed E-state index contributed by atoms with van der Waals surface area (Å²) in [5, 5.41) is 0. The fraction of sp³-hybridized carbons (Fsp3) is 0.333. The lowest BCUT2D eigenvalue weighted by atomic mass is 10.1. The minimum Gasteiger partial charge on any atom is -0.469 e. The zero-order valence-electron chi connectivity index (χ0n) is 11.4. The summed E-state index contributed by atoms with van der Waals surface area (Å²) in [5.74, 6) is 0.903. The molecule has 3 rings (SSSR count). The van der Waals surface area contributed by atoms with Crippen LogP contribution < -0.4 is 0 Å². The molecule has 0 N–H and O–H groups in total. The number of fused-ring (bicyclic) bond motifs is 1. The fourth-order valence-electron chi connectivity index (χ4n) is 2.61. The third kappa shape index (κ3) is 2.17. The van der Waals surface area contributed by atoms with Gasteiger partial charge in [0.15, 0.2) is 0 Å². The van der Waals surface area contributed by atoms with E-state index in [1.807, 2.05) is 25.1 Å². The van der Waals surface area contributed by atoms with Crippen LogP contribution in [0.3, 0.4) is 0 Å². The van der Waals surface area contributed by atoms with Crippen molar-refractivity contribution >= 4 is 10.0 Å². The molecule has 2 heterocycles. The van der Waals surface area contributed by atoms with Gasteiger partial charge in [0.1, 0.15) is 5.76 Å². The van der Waals surface area contributed by atoms with Gasteiger partial charge in [0.05, 0.1) is 11.2 Å². The normalized spacial score (nSPS) is 16.1. The molecule has 0 fully saturated rings. The quantitative estimate of drug-likeness (QED) is 0.873. The van der Waals surface area contributed by atoms with Gasteiger partial charge in [-0.1, -0.05) is 25.1 Å². The number of nitrogens with zero attached hydrogens (tertiary/aromatic N) is 1. The van der Waals surface area contributed by atoms with Crippen molar-refractivity contribution in [1.82, 2.24) is 4.31 Å². The van der Waals surface area contributed by atoms with Crippen LogP contribution in [0, 0.1) is 0 Å². The minimum absolute atomic E-state index is 0.395. The molecule has 106 valence electrons. The number of furan rings is 1. The van der Waals surface area contributed by atoms with E-state index in [1.54, 1.807) is 22.7 Å². The highest BCUT2D eigenvalue weighted by molar-refractivity contribution is 7.89. The van der Waals surface area contributed by atoms with Crippen molar-refractivity contribution in [3.63, 3.8) is 0 Å². The van der Waals surface area contributed by atoms with Gasteiger partial charge in [0.2, 0.25) is 10.0 Å². The summed E-state index contributed by atoms with van der Waals surface area (Å²) in [6, 6.07) is 9.07. The predicted molar refractivity (Wildman–Crippen MR) is 75.8 cm³/mol. The molecular weight excluding hydrogens is 274 g/mol. The topological polar surface area (TPSA) is 50.5 Å². The maximum atomic E-state index is 12.8. The van der Waals surface area contributed by atoms with Crippen LogP contribution in [0.1, 0.15) is 23.8 Å². The van der Waals surface area contributed by atoms with E-state index in [2.05, 4.69) is 0 Å². The van der Waals surface area contributed by atoms with Crippen molar-refractivity contribution in [3.8, 4) is 0 Å². The van der Waals surface area contributed by atoms with Crippen molar-refractivity contribution in [3.05, 3.63) is 53.5 Å². The molecule has 1 aromatic carbocycles. The Morgan fingerprint density at radius 2 is 2.05 bits per heavy atom. The van der Waals surface area contributed by atoms with Crippen LogP contribution in [0.25, 0.3) is 0 Å². The Balaban J connectivity index is 1.97. The molecular formula is C15H17NO3S. The fourth-order valence-corrected chi connectivity index (χ4v) is 4.33. The smallest absolute Gasteiger partial charge is 0.243 e. The van der Waals surface area contributed by atoms with Gasteiger partial charge in [-0.3, -0.25) is 0 Å². The highest BCUT2D eigenvalue weighted by Gasteiger charge is 2.30. The predicted octanol–water partition coefficient (Wildman–Crippen LogP) is 2.59. The zero-order chi connectivity index (χ0) is 14.2. The first-order valence-corrected chi connectivity index (χ1v) is 8.20. The van der Waals surface area contributed by atoms with Crippen molar-refractivity contribution in [2.75, 3.05) is 6.54 Å². The molecule has 0 spiro atoms. The highest BCUT2D eigenvalue weighted by Crippen LogP contribution is 2.27. The summed E-state index contributed by atoms with van der Waals surface area (Å²) in [6.45, 7) is 2.84. The second-order valence-corrected chi connectivity index (χ2v) is 6.83. The molecule has 1 aromatic heterocycles. The van der Waals surface area contributed by atoms with Gasteiger partial charge in [-0.15, -0.1) is 0 Å². The Morgan fingerprint density at radius 1 is 1.25 bits per heavy atom. The monoisotopic (exact) mass is 291 g/mol. The van der Waals surface area contributed by atoms with Crippen molar-refractivity contribution in [2.24, 2.45) is 0 Å². The van der Waals surface area contributed by atoms with Gasteiger partial charge >= 0.3 is 0 Å². The lowest BCUT2D eigenvalue weighted by Gasteiger charge is -2.26. The molecule has 1 aliphatic rings. The Morgan fingerprint density at radius 3 is 2.85 bits per heavy atom. The maximum Gasteiger partial charge on any atom is 0.243 e. The van der Waals surface area contributed by atoms with Gasteiger partial charge in [-0.25, -0.2) is 8.42 Å². The molecule has 0 saturated carbocycles. The number of sulfonamides is 1. The summed E-state index contributed by atoms with van der Waals surface area (Å²) >= 11 is 0. The van der Waals surface area contributed by atoms with Crippen molar-refractivity contribution in [1.29, 1.82) is 0 Å².